The van der Waals surface area contributed by atoms with Crippen LogP contribution in [0, 0.1) is 5.41 Å². The second-order valence-electron chi connectivity index (χ2n) is 6.55. The van der Waals surface area contributed by atoms with E-state index < -0.39 is 5.41 Å². The number of carbonyl (C=O) groups excluding carboxylic acids is 1. The Morgan fingerprint density at radius 2 is 1.73 bits per heavy atom. The number of morpholine rings is 1. The van der Waals surface area contributed by atoms with E-state index in [-0.39, 0.29) is 30.7 Å². The lowest BCUT2D eigenvalue weighted by Gasteiger charge is -2.28. The normalized spacial score (nSPS) is 14.9. The zero-order valence-electron chi connectivity index (χ0n) is 15.8. The first-order valence-corrected chi connectivity index (χ1v) is 9.04. The van der Waals surface area contributed by atoms with Gasteiger partial charge in [0.25, 0.3) is 0 Å². The lowest BCUT2D eigenvalue weighted by Crippen LogP contribution is -2.41. The number of rotatable bonds is 8. The van der Waals surface area contributed by atoms with Crippen LogP contribution in [0.4, 0.5) is 5.69 Å². The molecule has 26 heavy (non-hydrogen) atoms. The summed E-state index contributed by atoms with van der Waals surface area (Å²) >= 11 is 0. The third-order valence-corrected chi connectivity index (χ3v) is 5.26. The van der Waals surface area contributed by atoms with Crippen LogP contribution in [0.15, 0.2) is 24.3 Å². The van der Waals surface area contributed by atoms with Gasteiger partial charge >= 0.3 is 0 Å². The molecule has 1 fully saturated rings. The fourth-order valence-corrected chi connectivity index (χ4v) is 3.08. The van der Waals surface area contributed by atoms with Crippen molar-refractivity contribution in [2.75, 3.05) is 44.7 Å². The number of nitrogens with zero attached hydrogens (tertiary/aromatic N) is 1. The fraction of sp³-hybridized carbons (Fsp3) is 0.632. The van der Waals surface area contributed by atoms with Crippen molar-refractivity contribution in [1.82, 2.24) is 4.90 Å². The molecule has 0 saturated carbocycles. The summed E-state index contributed by atoms with van der Waals surface area (Å²) in [4.78, 5) is 15.0. The smallest absolute Gasteiger partial charge is 0.231 e. The minimum atomic E-state index is -0.463. The quantitative estimate of drug-likeness (QED) is 0.696. The Labute approximate surface area is 169 Å². The highest BCUT2D eigenvalue weighted by Gasteiger charge is 2.33. The summed E-state index contributed by atoms with van der Waals surface area (Å²) in [7, 11) is 0. The van der Waals surface area contributed by atoms with Gasteiger partial charge in [0.15, 0.2) is 0 Å². The molecule has 0 radical (unpaired) electrons. The number of amides is 1. The number of anilines is 1. The summed E-state index contributed by atoms with van der Waals surface area (Å²) in [5.41, 5.74) is 7.51. The van der Waals surface area contributed by atoms with Crippen LogP contribution in [0.25, 0.3) is 0 Å². The maximum Gasteiger partial charge on any atom is 0.231 e. The first-order chi connectivity index (χ1) is 11.6. The Morgan fingerprint density at radius 1 is 1.15 bits per heavy atom. The van der Waals surface area contributed by atoms with Crippen LogP contribution in [0.1, 0.15) is 32.3 Å². The number of benzene rings is 1. The molecule has 0 spiro atoms. The van der Waals surface area contributed by atoms with Crippen LogP contribution in [-0.2, 0) is 16.0 Å². The van der Waals surface area contributed by atoms with Crippen LogP contribution in [0.5, 0.6) is 0 Å². The minimum absolute atomic E-state index is 0. The van der Waals surface area contributed by atoms with Gasteiger partial charge in [0.2, 0.25) is 5.91 Å². The van der Waals surface area contributed by atoms with Crippen molar-refractivity contribution < 1.29 is 9.53 Å². The summed E-state index contributed by atoms with van der Waals surface area (Å²) in [5.74, 6) is 0.0241. The van der Waals surface area contributed by atoms with E-state index in [1.54, 1.807) is 0 Å². The summed E-state index contributed by atoms with van der Waals surface area (Å²) < 4.78 is 5.37. The summed E-state index contributed by atoms with van der Waals surface area (Å²) in [6, 6.07) is 8.16. The Bertz CT molecular complexity index is 508. The van der Waals surface area contributed by atoms with Crippen molar-refractivity contribution in [3.8, 4) is 0 Å². The summed E-state index contributed by atoms with van der Waals surface area (Å²) in [6.07, 6.45) is 2.53. The van der Waals surface area contributed by atoms with Crippen molar-refractivity contribution >= 4 is 36.4 Å². The lowest BCUT2D eigenvalue weighted by atomic mass is 9.81. The number of hydrogen-bond donors (Lipinski definition) is 2. The third kappa shape index (κ3) is 6.71. The van der Waals surface area contributed by atoms with E-state index in [2.05, 4.69) is 22.3 Å². The van der Waals surface area contributed by atoms with Crippen molar-refractivity contribution in [2.24, 2.45) is 11.1 Å². The molecule has 1 saturated heterocycles. The zero-order chi connectivity index (χ0) is 17.4. The largest absolute Gasteiger partial charge is 0.379 e. The van der Waals surface area contributed by atoms with Crippen molar-refractivity contribution in [1.29, 1.82) is 0 Å². The molecule has 2 rings (SSSR count). The lowest BCUT2D eigenvalue weighted by molar-refractivity contribution is -0.125. The molecule has 0 atom stereocenters. The summed E-state index contributed by atoms with van der Waals surface area (Å²) in [6.45, 7) is 9.17. The standard InChI is InChI=1S/C19H31N3O2.2ClH/c1-3-19(4-2,15-20)18(23)21-17-7-5-16(6-8-17)9-10-22-11-13-24-14-12-22;;/h5-8H,3-4,9-15,20H2,1-2H3,(H,21,23);2*1H. The maximum absolute atomic E-state index is 12.5. The molecule has 1 amide bonds. The second-order valence-corrected chi connectivity index (χ2v) is 6.55. The topological polar surface area (TPSA) is 67.6 Å². The number of ether oxygens (including phenoxy) is 1. The van der Waals surface area contributed by atoms with Crippen molar-refractivity contribution in [3.05, 3.63) is 29.8 Å². The molecule has 5 nitrogen and oxygen atoms in total. The SMILES string of the molecule is CCC(CC)(CN)C(=O)Nc1ccc(CCN2CCOCC2)cc1.Cl.Cl. The molecule has 3 N–H and O–H groups in total. The van der Waals surface area contributed by atoms with E-state index >= 15 is 0 Å². The van der Waals surface area contributed by atoms with E-state index in [0.29, 0.717) is 6.54 Å². The predicted octanol–water partition coefficient (Wildman–Crippen LogP) is 3.11. The van der Waals surface area contributed by atoms with E-state index in [9.17, 15) is 4.79 Å². The summed E-state index contributed by atoms with van der Waals surface area (Å²) in [5, 5.41) is 3.02. The molecule has 1 aromatic carbocycles. The number of nitrogens with two attached hydrogens (primary N) is 1. The van der Waals surface area contributed by atoms with E-state index in [1.165, 1.54) is 5.56 Å². The first-order valence-electron chi connectivity index (χ1n) is 9.04. The van der Waals surface area contributed by atoms with Crippen LogP contribution >= 0.6 is 24.8 Å². The fourth-order valence-electron chi connectivity index (χ4n) is 3.08. The Morgan fingerprint density at radius 3 is 2.23 bits per heavy atom. The van der Waals surface area contributed by atoms with Crippen LogP contribution in [0.2, 0.25) is 0 Å². The van der Waals surface area contributed by atoms with Crippen LogP contribution in [0.3, 0.4) is 0 Å². The van der Waals surface area contributed by atoms with Gasteiger partial charge in [0.1, 0.15) is 0 Å². The molecule has 0 aromatic heterocycles. The zero-order valence-corrected chi connectivity index (χ0v) is 17.5. The van der Waals surface area contributed by atoms with E-state index in [1.807, 2.05) is 26.0 Å². The van der Waals surface area contributed by atoms with E-state index in [4.69, 9.17) is 10.5 Å². The van der Waals surface area contributed by atoms with Gasteiger partial charge in [0.05, 0.1) is 18.6 Å². The van der Waals surface area contributed by atoms with Crippen LogP contribution in [-0.4, -0.2) is 50.2 Å². The van der Waals surface area contributed by atoms with Gasteiger partial charge < -0.3 is 15.8 Å². The molecule has 1 aromatic rings. The van der Waals surface area contributed by atoms with Gasteiger partial charge in [-0.15, -0.1) is 24.8 Å². The minimum Gasteiger partial charge on any atom is -0.379 e. The Balaban J connectivity index is 0.00000312. The molecule has 0 aliphatic carbocycles. The molecule has 150 valence electrons. The predicted molar refractivity (Wildman–Crippen MR) is 113 cm³/mol. The van der Waals surface area contributed by atoms with Gasteiger partial charge in [-0.3, -0.25) is 9.69 Å². The molecule has 1 heterocycles. The molecular formula is C19H33Cl2N3O2. The molecule has 1 aliphatic rings. The molecule has 1 aliphatic heterocycles. The third-order valence-electron chi connectivity index (χ3n) is 5.26. The second kappa shape index (κ2) is 12.5. The molecule has 0 unspecified atom stereocenters. The highest BCUT2D eigenvalue weighted by molar-refractivity contribution is 5.95. The van der Waals surface area contributed by atoms with E-state index in [0.717, 1.165) is 57.8 Å². The number of carbonyl (C=O) groups is 1. The average molecular weight is 406 g/mol. The van der Waals surface area contributed by atoms with Crippen molar-refractivity contribution in [2.45, 2.75) is 33.1 Å². The highest BCUT2D eigenvalue weighted by Crippen LogP contribution is 2.27. The number of nitrogens with one attached hydrogen (secondary N) is 1. The molecule has 7 heteroatoms. The first kappa shape index (κ1) is 25.1. The van der Waals surface area contributed by atoms with Crippen LogP contribution < -0.4 is 11.1 Å². The molecular weight excluding hydrogens is 373 g/mol. The van der Waals surface area contributed by atoms with Gasteiger partial charge in [-0.25, -0.2) is 0 Å². The van der Waals surface area contributed by atoms with Gasteiger partial charge in [-0.2, -0.15) is 0 Å². The maximum atomic E-state index is 12.5. The highest BCUT2D eigenvalue weighted by atomic mass is 35.5. The average Bonchev–Trinajstić information content (AvgIpc) is 2.64. The molecule has 0 bridgehead atoms. The number of halogens is 2. The monoisotopic (exact) mass is 405 g/mol. The Hall–Kier alpha value is -0.850. The van der Waals surface area contributed by atoms with Gasteiger partial charge in [-0.1, -0.05) is 26.0 Å². The number of hydrogen-bond acceptors (Lipinski definition) is 4. The van der Waals surface area contributed by atoms with Crippen molar-refractivity contribution in [3.63, 3.8) is 0 Å². The van der Waals surface area contributed by atoms with Gasteiger partial charge in [0, 0.05) is 31.9 Å². The Kier molecular flexibility index (Phi) is 12.1. The van der Waals surface area contributed by atoms with Gasteiger partial charge in [-0.05, 0) is 37.0 Å².